The van der Waals surface area contributed by atoms with E-state index in [1.165, 1.54) is 16.9 Å². The molecule has 1 aromatic carbocycles. The Morgan fingerprint density at radius 1 is 1.32 bits per heavy atom. The molecule has 0 bridgehead atoms. The third kappa shape index (κ3) is 3.66. The van der Waals surface area contributed by atoms with Crippen LogP contribution in [-0.2, 0) is 19.4 Å². The zero-order chi connectivity index (χ0) is 18.0. The Hall–Kier alpha value is -2.01. The van der Waals surface area contributed by atoms with Gasteiger partial charge in [-0.05, 0) is 42.9 Å². The fraction of sp³-hybridized carbons (Fsp3) is 0.450. The fourth-order valence-electron chi connectivity index (χ4n) is 3.37. The normalized spacial score (nSPS) is 16.2. The molecule has 1 aromatic heterocycles. The molecular formula is C20H25NO3S. The van der Waals surface area contributed by atoms with Crippen LogP contribution in [0, 0.1) is 5.92 Å². The van der Waals surface area contributed by atoms with Crippen molar-refractivity contribution in [3.63, 3.8) is 0 Å². The Balaban J connectivity index is 1.78. The van der Waals surface area contributed by atoms with Crippen LogP contribution >= 0.6 is 11.3 Å². The molecule has 0 radical (unpaired) electrons. The zero-order valence-electron chi connectivity index (χ0n) is 15.3. The summed E-state index contributed by atoms with van der Waals surface area (Å²) in [7, 11) is 5.11. The molecule has 1 atom stereocenters. The van der Waals surface area contributed by atoms with Crippen molar-refractivity contribution in [3.8, 4) is 11.5 Å². The van der Waals surface area contributed by atoms with Crippen molar-refractivity contribution in [3.05, 3.63) is 45.1 Å². The molecule has 1 aliphatic carbocycles. The van der Waals surface area contributed by atoms with Gasteiger partial charge in [-0.15, -0.1) is 11.3 Å². The van der Waals surface area contributed by atoms with Gasteiger partial charge in [0.05, 0.1) is 19.8 Å². The highest BCUT2D eigenvalue weighted by Crippen LogP contribution is 2.34. The van der Waals surface area contributed by atoms with E-state index >= 15 is 0 Å². The van der Waals surface area contributed by atoms with Crippen molar-refractivity contribution in [1.82, 2.24) is 4.90 Å². The van der Waals surface area contributed by atoms with Gasteiger partial charge in [0, 0.05) is 35.5 Å². The molecule has 1 heterocycles. The predicted molar refractivity (Wildman–Crippen MR) is 101 cm³/mol. The lowest BCUT2D eigenvalue weighted by Crippen LogP contribution is -2.27. The van der Waals surface area contributed by atoms with Crippen molar-refractivity contribution in [2.45, 2.75) is 32.7 Å². The van der Waals surface area contributed by atoms with Crippen molar-refractivity contribution in [2.24, 2.45) is 5.92 Å². The maximum Gasteiger partial charge on any atom is 0.255 e. The highest BCUT2D eigenvalue weighted by atomic mass is 32.1. The largest absolute Gasteiger partial charge is 0.497 e. The molecule has 1 amide bonds. The first-order valence-electron chi connectivity index (χ1n) is 8.59. The molecule has 0 spiro atoms. The highest BCUT2D eigenvalue weighted by molar-refractivity contribution is 7.10. The van der Waals surface area contributed by atoms with Crippen LogP contribution in [0.1, 0.15) is 39.7 Å². The molecule has 1 aliphatic rings. The first-order valence-corrected chi connectivity index (χ1v) is 9.47. The molecule has 0 saturated heterocycles. The summed E-state index contributed by atoms with van der Waals surface area (Å²) < 4.78 is 10.7. The van der Waals surface area contributed by atoms with E-state index in [0.29, 0.717) is 6.54 Å². The molecule has 134 valence electrons. The van der Waals surface area contributed by atoms with Crippen LogP contribution in [0.15, 0.2) is 23.6 Å². The molecule has 3 rings (SSSR count). The summed E-state index contributed by atoms with van der Waals surface area (Å²) in [5, 5.41) is 2.03. The van der Waals surface area contributed by atoms with Crippen molar-refractivity contribution in [1.29, 1.82) is 0 Å². The van der Waals surface area contributed by atoms with E-state index in [1.807, 2.05) is 30.6 Å². The van der Waals surface area contributed by atoms with Gasteiger partial charge in [-0.2, -0.15) is 0 Å². The Bertz CT molecular complexity index is 768. The van der Waals surface area contributed by atoms with Crippen LogP contribution in [0.5, 0.6) is 11.5 Å². The second-order valence-electron chi connectivity index (χ2n) is 6.74. The third-order valence-corrected chi connectivity index (χ3v) is 5.93. The molecular weight excluding hydrogens is 334 g/mol. The maximum atomic E-state index is 13.0. The first kappa shape index (κ1) is 17.8. The minimum Gasteiger partial charge on any atom is -0.497 e. The number of ether oxygens (including phenoxy) is 2. The van der Waals surface area contributed by atoms with Gasteiger partial charge in [0.2, 0.25) is 0 Å². The number of nitrogens with zero attached hydrogens (tertiary/aromatic N) is 1. The molecule has 0 saturated carbocycles. The number of carbonyl (C=O) groups is 1. The molecule has 0 N–H and O–H groups in total. The topological polar surface area (TPSA) is 38.8 Å². The molecule has 0 aliphatic heterocycles. The van der Waals surface area contributed by atoms with E-state index < -0.39 is 0 Å². The highest BCUT2D eigenvalue weighted by Gasteiger charge is 2.25. The van der Waals surface area contributed by atoms with Gasteiger partial charge in [0.1, 0.15) is 11.5 Å². The van der Waals surface area contributed by atoms with Crippen LogP contribution in [0.4, 0.5) is 0 Å². The number of benzene rings is 1. The van der Waals surface area contributed by atoms with Crippen molar-refractivity contribution < 1.29 is 14.3 Å². The van der Waals surface area contributed by atoms with Crippen molar-refractivity contribution in [2.75, 3.05) is 21.3 Å². The van der Waals surface area contributed by atoms with Gasteiger partial charge < -0.3 is 14.4 Å². The molecule has 1 unspecified atom stereocenters. The number of amides is 1. The quantitative estimate of drug-likeness (QED) is 0.804. The van der Waals surface area contributed by atoms with E-state index in [9.17, 15) is 4.79 Å². The average Bonchev–Trinajstić information content (AvgIpc) is 3.04. The SMILES string of the molecule is COc1ccc(CN(C)C(=O)c2csc3c2CCC(C)C3)c(OC)c1. The Morgan fingerprint density at radius 3 is 2.84 bits per heavy atom. The number of rotatable bonds is 5. The third-order valence-electron chi connectivity index (χ3n) is 4.88. The lowest BCUT2D eigenvalue weighted by atomic mass is 9.88. The van der Waals surface area contributed by atoms with Crippen LogP contribution in [0.3, 0.4) is 0 Å². The summed E-state index contributed by atoms with van der Waals surface area (Å²) in [5.41, 5.74) is 3.11. The molecule has 5 heteroatoms. The molecule has 0 fully saturated rings. The van der Waals surface area contributed by atoms with Gasteiger partial charge in [0.15, 0.2) is 0 Å². The standard InChI is InChI=1S/C20H25NO3S/c1-13-5-8-16-17(12-25-19(16)9-13)20(22)21(2)11-14-6-7-15(23-3)10-18(14)24-4/h6-7,10,12-13H,5,8-9,11H2,1-4H3. The molecule has 4 nitrogen and oxygen atoms in total. The van der Waals surface area contributed by atoms with Gasteiger partial charge in [-0.1, -0.05) is 6.92 Å². The predicted octanol–water partition coefficient (Wildman–Crippen LogP) is 4.16. The summed E-state index contributed by atoms with van der Waals surface area (Å²) in [5.74, 6) is 2.29. The summed E-state index contributed by atoms with van der Waals surface area (Å²) in [6.07, 6.45) is 3.28. The average molecular weight is 359 g/mol. The number of methoxy groups -OCH3 is 2. The molecule has 2 aromatic rings. The molecule has 25 heavy (non-hydrogen) atoms. The number of thiophene rings is 1. The fourth-order valence-corrected chi connectivity index (χ4v) is 4.61. The Labute approximate surface area is 153 Å². The minimum absolute atomic E-state index is 0.0879. The monoisotopic (exact) mass is 359 g/mol. The Kier molecular flexibility index (Phi) is 5.33. The number of fused-ring (bicyclic) bond motifs is 1. The second-order valence-corrected chi connectivity index (χ2v) is 7.70. The van der Waals surface area contributed by atoms with Crippen LogP contribution in [0.25, 0.3) is 0 Å². The zero-order valence-corrected chi connectivity index (χ0v) is 16.1. The van der Waals surface area contributed by atoms with Crippen LogP contribution in [0.2, 0.25) is 0 Å². The van der Waals surface area contributed by atoms with E-state index in [4.69, 9.17) is 9.47 Å². The maximum absolute atomic E-state index is 13.0. The first-order chi connectivity index (χ1) is 12.0. The summed E-state index contributed by atoms with van der Waals surface area (Å²) in [6, 6.07) is 5.69. The number of hydrogen-bond donors (Lipinski definition) is 0. The van der Waals surface area contributed by atoms with E-state index in [2.05, 4.69) is 6.92 Å². The summed E-state index contributed by atoms with van der Waals surface area (Å²) in [6.45, 7) is 2.79. The van der Waals surface area contributed by atoms with Gasteiger partial charge in [-0.25, -0.2) is 0 Å². The van der Waals surface area contributed by atoms with Crippen LogP contribution in [-0.4, -0.2) is 32.1 Å². The number of hydrogen-bond acceptors (Lipinski definition) is 4. The lowest BCUT2D eigenvalue weighted by Gasteiger charge is -2.22. The second kappa shape index (κ2) is 7.48. The number of carbonyl (C=O) groups excluding carboxylic acids is 1. The van der Waals surface area contributed by atoms with Gasteiger partial charge in [0.25, 0.3) is 5.91 Å². The lowest BCUT2D eigenvalue weighted by molar-refractivity contribution is 0.0783. The van der Waals surface area contributed by atoms with Crippen LogP contribution < -0.4 is 9.47 Å². The summed E-state index contributed by atoms with van der Waals surface area (Å²) in [4.78, 5) is 16.1. The van der Waals surface area contributed by atoms with E-state index in [-0.39, 0.29) is 5.91 Å². The Morgan fingerprint density at radius 2 is 2.12 bits per heavy atom. The van der Waals surface area contributed by atoms with E-state index in [0.717, 1.165) is 41.4 Å². The van der Waals surface area contributed by atoms with E-state index in [1.54, 1.807) is 30.5 Å². The van der Waals surface area contributed by atoms with Crippen molar-refractivity contribution >= 4 is 17.2 Å². The smallest absolute Gasteiger partial charge is 0.255 e. The minimum atomic E-state index is 0.0879. The van der Waals surface area contributed by atoms with Gasteiger partial charge in [-0.3, -0.25) is 4.79 Å². The van der Waals surface area contributed by atoms with Gasteiger partial charge >= 0.3 is 0 Å². The summed E-state index contributed by atoms with van der Waals surface area (Å²) >= 11 is 1.73.